The number of nitrogens with zero attached hydrogens (tertiary/aromatic N) is 2. The summed E-state index contributed by atoms with van der Waals surface area (Å²) in [6.07, 6.45) is 0.978. The highest BCUT2D eigenvalue weighted by Crippen LogP contribution is 2.28. The fraction of sp³-hybridized carbons (Fsp3) is 0.600. The van der Waals surface area contributed by atoms with E-state index in [2.05, 4.69) is 23.9 Å². The van der Waals surface area contributed by atoms with Crippen LogP contribution >= 0.6 is 0 Å². The van der Waals surface area contributed by atoms with Gasteiger partial charge in [-0.25, -0.2) is 0 Å². The molecule has 5 heteroatoms. The molecular formula is C15H24N2O3. The standard InChI is InChI=1S/C15H24N2O3/c1-16(2)12-7-13(10-18)17(9-12)8-11-4-5-15(20-3)14(19)6-11/h4-6,12-13,18-19H,7-10H2,1-3H3. The van der Waals surface area contributed by atoms with E-state index in [-0.39, 0.29) is 18.4 Å². The van der Waals surface area contributed by atoms with Crippen LogP contribution in [0.2, 0.25) is 0 Å². The molecule has 0 amide bonds. The van der Waals surface area contributed by atoms with Crippen LogP contribution in [0.3, 0.4) is 0 Å². The van der Waals surface area contributed by atoms with Crippen LogP contribution in [0.5, 0.6) is 11.5 Å². The molecule has 1 saturated heterocycles. The van der Waals surface area contributed by atoms with Crippen molar-refractivity contribution in [2.75, 3.05) is 34.4 Å². The summed E-state index contributed by atoms with van der Waals surface area (Å²) in [5.41, 5.74) is 1.03. The maximum atomic E-state index is 9.83. The molecule has 0 radical (unpaired) electrons. The Labute approximate surface area is 120 Å². The predicted octanol–water partition coefficient (Wildman–Crippen LogP) is 0.898. The van der Waals surface area contributed by atoms with Gasteiger partial charge in [-0.05, 0) is 38.2 Å². The molecule has 20 heavy (non-hydrogen) atoms. The molecule has 1 fully saturated rings. The van der Waals surface area contributed by atoms with Gasteiger partial charge in [0.15, 0.2) is 11.5 Å². The van der Waals surface area contributed by atoms with Gasteiger partial charge in [-0.2, -0.15) is 0 Å². The van der Waals surface area contributed by atoms with Crippen molar-refractivity contribution in [3.63, 3.8) is 0 Å². The highest BCUT2D eigenvalue weighted by atomic mass is 16.5. The molecule has 0 saturated carbocycles. The Bertz CT molecular complexity index is 451. The van der Waals surface area contributed by atoms with E-state index >= 15 is 0 Å². The van der Waals surface area contributed by atoms with Gasteiger partial charge in [0, 0.05) is 25.2 Å². The van der Waals surface area contributed by atoms with Crippen molar-refractivity contribution in [3.05, 3.63) is 23.8 Å². The Morgan fingerprint density at radius 3 is 2.70 bits per heavy atom. The quantitative estimate of drug-likeness (QED) is 0.839. The number of phenols is 1. The first-order valence-electron chi connectivity index (χ1n) is 6.92. The van der Waals surface area contributed by atoms with Crippen LogP contribution in [-0.4, -0.2) is 66.5 Å². The van der Waals surface area contributed by atoms with Crippen LogP contribution in [0.1, 0.15) is 12.0 Å². The number of likely N-dealkylation sites (tertiary alicyclic amines) is 1. The number of aliphatic hydroxyl groups excluding tert-OH is 1. The molecule has 1 aromatic rings. The van der Waals surface area contributed by atoms with E-state index in [1.807, 2.05) is 6.07 Å². The first kappa shape index (κ1) is 15.1. The van der Waals surface area contributed by atoms with Gasteiger partial charge in [0.05, 0.1) is 13.7 Å². The molecule has 1 heterocycles. The van der Waals surface area contributed by atoms with Gasteiger partial charge in [-0.1, -0.05) is 6.07 Å². The fourth-order valence-electron chi connectivity index (χ4n) is 2.78. The minimum absolute atomic E-state index is 0.161. The highest BCUT2D eigenvalue weighted by Gasteiger charge is 2.32. The maximum Gasteiger partial charge on any atom is 0.160 e. The summed E-state index contributed by atoms with van der Waals surface area (Å²) in [6.45, 7) is 1.84. The molecule has 112 valence electrons. The average molecular weight is 280 g/mol. The second-order valence-corrected chi connectivity index (χ2v) is 5.63. The van der Waals surface area contributed by atoms with Gasteiger partial charge < -0.3 is 19.8 Å². The molecule has 2 rings (SSSR count). The zero-order valence-electron chi connectivity index (χ0n) is 12.4. The molecule has 2 unspecified atom stereocenters. The summed E-state index contributed by atoms with van der Waals surface area (Å²) in [7, 11) is 5.68. The molecule has 0 aromatic heterocycles. The largest absolute Gasteiger partial charge is 0.504 e. The lowest BCUT2D eigenvalue weighted by molar-refractivity contribution is 0.153. The zero-order valence-corrected chi connectivity index (χ0v) is 12.4. The number of hydrogen-bond donors (Lipinski definition) is 2. The number of rotatable bonds is 5. The average Bonchev–Trinajstić information content (AvgIpc) is 2.82. The SMILES string of the molecule is COc1ccc(CN2CC(N(C)C)CC2CO)cc1O. The highest BCUT2D eigenvalue weighted by molar-refractivity contribution is 5.41. The Balaban J connectivity index is 2.06. The molecule has 0 bridgehead atoms. The summed E-state index contributed by atoms with van der Waals surface area (Å²) < 4.78 is 5.05. The summed E-state index contributed by atoms with van der Waals surface area (Å²) in [5, 5.41) is 19.3. The van der Waals surface area contributed by atoms with Crippen LogP contribution in [0, 0.1) is 0 Å². The first-order valence-corrected chi connectivity index (χ1v) is 6.92. The van der Waals surface area contributed by atoms with Crippen molar-refractivity contribution in [2.45, 2.75) is 25.0 Å². The maximum absolute atomic E-state index is 9.83. The van der Waals surface area contributed by atoms with Crippen molar-refractivity contribution in [1.29, 1.82) is 0 Å². The summed E-state index contributed by atoms with van der Waals surface area (Å²) in [5.74, 6) is 0.647. The molecule has 0 aliphatic carbocycles. The van der Waals surface area contributed by atoms with E-state index in [4.69, 9.17) is 4.74 Å². The van der Waals surface area contributed by atoms with E-state index in [0.717, 1.165) is 25.1 Å². The van der Waals surface area contributed by atoms with Gasteiger partial charge in [0.25, 0.3) is 0 Å². The molecule has 0 spiro atoms. The zero-order chi connectivity index (χ0) is 14.7. The van der Waals surface area contributed by atoms with Crippen molar-refractivity contribution in [3.8, 4) is 11.5 Å². The van der Waals surface area contributed by atoms with Gasteiger partial charge in [0.1, 0.15) is 0 Å². The van der Waals surface area contributed by atoms with Gasteiger partial charge in [-0.15, -0.1) is 0 Å². The van der Waals surface area contributed by atoms with Crippen molar-refractivity contribution < 1.29 is 14.9 Å². The van der Waals surface area contributed by atoms with Crippen LogP contribution in [0.25, 0.3) is 0 Å². The third-order valence-corrected chi connectivity index (χ3v) is 4.08. The third-order valence-electron chi connectivity index (χ3n) is 4.08. The number of benzene rings is 1. The summed E-state index contributed by atoms with van der Waals surface area (Å²) in [4.78, 5) is 4.47. The minimum atomic E-state index is 0.161. The summed E-state index contributed by atoms with van der Waals surface area (Å²) in [6, 6.07) is 6.12. The smallest absolute Gasteiger partial charge is 0.160 e. The number of aliphatic hydroxyl groups is 1. The minimum Gasteiger partial charge on any atom is -0.504 e. The van der Waals surface area contributed by atoms with Gasteiger partial charge >= 0.3 is 0 Å². The Morgan fingerprint density at radius 1 is 1.40 bits per heavy atom. The number of methoxy groups -OCH3 is 1. The fourth-order valence-corrected chi connectivity index (χ4v) is 2.78. The Morgan fingerprint density at radius 2 is 2.15 bits per heavy atom. The second kappa shape index (κ2) is 6.43. The van der Waals surface area contributed by atoms with E-state index in [1.54, 1.807) is 19.2 Å². The molecule has 1 aliphatic rings. The van der Waals surface area contributed by atoms with Crippen LogP contribution < -0.4 is 4.74 Å². The summed E-state index contributed by atoms with van der Waals surface area (Å²) >= 11 is 0. The van der Waals surface area contributed by atoms with Gasteiger partial charge in [0.2, 0.25) is 0 Å². The monoisotopic (exact) mass is 280 g/mol. The lowest BCUT2D eigenvalue weighted by Gasteiger charge is -2.23. The molecule has 2 N–H and O–H groups in total. The van der Waals surface area contributed by atoms with Crippen LogP contribution in [0.15, 0.2) is 18.2 Å². The topological polar surface area (TPSA) is 56.2 Å². The van der Waals surface area contributed by atoms with Crippen LogP contribution in [-0.2, 0) is 6.54 Å². The van der Waals surface area contributed by atoms with Crippen molar-refractivity contribution in [2.24, 2.45) is 0 Å². The van der Waals surface area contributed by atoms with E-state index in [0.29, 0.717) is 11.8 Å². The number of ether oxygens (including phenoxy) is 1. The molecule has 1 aromatic carbocycles. The van der Waals surface area contributed by atoms with E-state index < -0.39 is 0 Å². The second-order valence-electron chi connectivity index (χ2n) is 5.63. The lowest BCUT2D eigenvalue weighted by Crippen LogP contribution is -2.33. The first-order chi connectivity index (χ1) is 9.55. The van der Waals surface area contributed by atoms with Crippen molar-refractivity contribution >= 4 is 0 Å². The van der Waals surface area contributed by atoms with E-state index in [9.17, 15) is 10.2 Å². The normalized spacial score (nSPS) is 23.4. The number of phenolic OH excluding ortho intramolecular Hbond substituents is 1. The lowest BCUT2D eigenvalue weighted by atomic mass is 10.1. The van der Waals surface area contributed by atoms with Crippen LogP contribution in [0.4, 0.5) is 0 Å². The molecule has 2 atom stereocenters. The predicted molar refractivity (Wildman–Crippen MR) is 78.0 cm³/mol. The molecular weight excluding hydrogens is 256 g/mol. The number of likely N-dealkylation sites (N-methyl/N-ethyl adjacent to an activating group) is 1. The molecule has 1 aliphatic heterocycles. The third kappa shape index (κ3) is 3.23. The number of hydrogen-bond acceptors (Lipinski definition) is 5. The van der Waals surface area contributed by atoms with E-state index in [1.165, 1.54) is 0 Å². The Hall–Kier alpha value is -1.30. The van der Waals surface area contributed by atoms with Gasteiger partial charge in [-0.3, -0.25) is 4.90 Å². The Kier molecular flexibility index (Phi) is 4.86. The number of aromatic hydroxyl groups is 1. The molecule has 5 nitrogen and oxygen atoms in total. The van der Waals surface area contributed by atoms with Crippen molar-refractivity contribution in [1.82, 2.24) is 9.80 Å².